The van der Waals surface area contributed by atoms with Crippen molar-refractivity contribution in [1.82, 2.24) is 9.97 Å². The van der Waals surface area contributed by atoms with E-state index in [-0.39, 0.29) is 37.3 Å². The SMILES string of the molecule is CC1(C)C2=Nc3c1ccc1c3N=C(c3ccc([n-]3)C(C)(C)c3ccc2[n-]3)C1(C)C.[Pt+2]. The fraction of sp³-hybridized carbons (Fsp3) is 0.360. The van der Waals surface area contributed by atoms with Crippen molar-refractivity contribution in [3.05, 3.63) is 70.3 Å². The third kappa shape index (κ3) is 2.21. The van der Waals surface area contributed by atoms with E-state index in [1.54, 1.807) is 0 Å². The van der Waals surface area contributed by atoms with Crippen LogP contribution >= 0.6 is 0 Å². The Bertz CT molecular complexity index is 1180. The molecule has 3 aromatic rings. The van der Waals surface area contributed by atoms with Gasteiger partial charge in [0.2, 0.25) is 0 Å². The number of aromatic nitrogens is 2. The smallest absolute Gasteiger partial charge is 0.659 e. The molecule has 8 bridgehead atoms. The summed E-state index contributed by atoms with van der Waals surface area (Å²) in [5, 5.41) is 0. The van der Waals surface area contributed by atoms with Crippen LogP contribution in [0.25, 0.3) is 0 Å². The predicted molar refractivity (Wildman–Crippen MR) is 117 cm³/mol. The fourth-order valence-electron chi connectivity index (χ4n) is 5.14. The van der Waals surface area contributed by atoms with E-state index < -0.39 is 0 Å². The van der Waals surface area contributed by atoms with Crippen LogP contribution in [0.3, 0.4) is 0 Å². The van der Waals surface area contributed by atoms with Crippen LogP contribution in [0.1, 0.15) is 75.4 Å². The summed E-state index contributed by atoms with van der Waals surface area (Å²) < 4.78 is 0. The standard InChI is InChI=1S/C25H24N4.Pt/c1-23(2)13-7-8-14-20-19(13)28-21(23)15-9-11-17(26-15)25(5,6)18-12-10-16(27-18)22(29-20)24(14,3)4;/h7-12H,1-6H3;/q-2;+2. The van der Waals surface area contributed by atoms with E-state index in [1.807, 2.05) is 0 Å². The van der Waals surface area contributed by atoms with Crippen LogP contribution in [-0.4, -0.2) is 11.4 Å². The molecular formula is C25H24N4Pt. The molecule has 3 aliphatic heterocycles. The Kier molecular flexibility index (Phi) is 3.77. The van der Waals surface area contributed by atoms with Crippen LogP contribution in [0.2, 0.25) is 0 Å². The first-order valence-electron chi connectivity index (χ1n) is 10.3. The Hall–Kier alpha value is -2.19. The summed E-state index contributed by atoms with van der Waals surface area (Å²) >= 11 is 0. The average molecular weight is 576 g/mol. The molecule has 3 aliphatic rings. The van der Waals surface area contributed by atoms with Crippen LogP contribution in [0.5, 0.6) is 0 Å². The van der Waals surface area contributed by atoms with Gasteiger partial charge in [-0.15, -0.1) is 11.4 Å². The maximum Gasteiger partial charge on any atom is 2.00 e. The van der Waals surface area contributed by atoms with Crippen molar-refractivity contribution in [1.29, 1.82) is 0 Å². The maximum absolute atomic E-state index is 5.14. The van der Waals surface area contributed by atoms with Gasteiger partial charge in [0.05, 0.1) is 11.4 Å². The summed E-state index contributed by atoms with van der Waals surface area (Å²) in [5.74, 6) is 0. The van der Waals surface area contributed by atoms with Crippen LogP contribution in [0.4, 0.5) is 11.4 Å². The summed E-state index contributed by atoms with van der Waals surface area (Å²) in [7, 11) is 0. The molecule has 4 nitrogen and oxygen atoms in total. The first kappa shape index (κ1) is 19.8. The van der Waals surface area contributed by atoms with Gasteiger partial charge in [0, 0.05) is 22.3 Å². The zero-order valence-electron chi connectivity index (χ0n) is 18.1. The zero-order valence-corrected chi connectivity index (χ0v) is 20.3. The minimum Gasteiger partial charge on any atom is -0.659 e. The molecule has 0 aliphatic carbocycles. The maximum atomic E-state index is 5.14. The molecule has 1 aromatic carbocycles. The fourth-order valence-corrected chi connectivity index (χ4v) is 5.14. The molecule has 0 radical (unpaired) electrons. The molecule has 6 rings (SSSR count). The molecule has 5 heteroatoms. The number of nitrogens with zero attached hydrogens (tertiary/aromatic N) is 4. The van der Waals surface area contributed by atoms with Crippen LogP contribution in [-0.2, 0) is 37.3 Å². The second-order valence-corrected chi connectivity index (χ2v) is 10.1. The number of rotatable bonds is 0. The first-order chi connectivity index (χ1) is 13.6. The summed E-state index contributed by atoms with van der Waals surface area (Å²) in [4.78, 5) is 20.3. The summed E-state index contributed by atoms with van der Waals surface area (Å²) in [5.41, 5.74) is 9.78. The van der Waals surface area contributed by atoms with Gasteiger partial charge in [0.15, 0.2) is 0 Å². The third-order valence-electron chi connectivity index (χ3n) is 7.18. The van der Waals surface area contributed by atoms with Gasteiger partial charge in [-0.1, -0.05) is 77.9 Å². The van der Waals surface area contributed by atoms with Crippen molar-refractivity contribution in [2.45, 2.75) is 57.8 Å². The Labute approximate surface area is 191 Å². The van der Waals surface area contributed by atoms with Crippen LogP contribution < -0.4 is 9.97 Å². The molecule has 0 saturated carbocycles. The molecule has 0 N–H and O–H groups in total. The van der Waals surface area contributed by atoms with Crippen LogP contribution in [0.15, 0.2) is 46.4 Å². The van der Waals surface area contributed by atoms with Crippen molar-refractivity contribution in [2.24, 2.45) is 9.98 Å². The zero-order chi connectivity index (χ0) is 20.3. The quantitative estimate of drug-likeness (QED) is 0.376. The van der Waals surface area contributed by atoms with Gasteiger partial charge in [-0.2, -0.15) is 11.4 Å². The van der Waals surface area contributed by atoms with Crippen molar-refractivity contribution in [3.63, 3.8) is 0 Å². The van der Waals surface area contributed by atoms with Crippen LogP contribution in [0, 0.1) is 0 Å². The monoisotopic (exact) mass is 575 g/mol. The van der Waals surface area contributed by atoms with Gasteiger partial charge in [0.1, 0.15) is 0 Å². The molecule has 154 valence electrons. The van der Waals surface area contributed by atoms with Gasteiger partial charge in [-0.25, -0.2) is 0 Å². The molecule has 30 heavy (non-hydrogen) atoms. The molecule has 2 aromatic heterocycles. The summed E-state index contributed by atoms with van der Waals surface area (Å²) in [6.45, 7) is 13.3. The molecule has 0 unspecified atom stereocenters. The van der Waals surface area contributed by atoms with Gasteiger partial charge >= 0.3 is 21.1 Å². The topological polar surface area (TPSA) is 52.9 Å². The Morgan fingerprint density at radius 1 is 0.567 bits per heavy atom. The molecule has 0 amide bonds. The van der Waals surface area contributed by atoms with Crippen molar-refractivity contribution in [2.75, 3.05) is 0 Å². The molecular weight excluding hydrogens is 551 g/mol. The Morgan fingerprint density at radius 3 is 1.37 bits per heavy atom. The van der Waals surface area contributed by atoms with E-state index >= 15 is 0 Å². The number of fused-ring (bicyclic) bond motifs is 6. The third-order valence-corrected chi connectivity index (χ3v) is 7.18. The van der Waals surface area contributed by atoms with E-state index in [2.05, 4.69) is 77.9 Å². The van der Waals surface area contributed by atoms with E-state index in [0.717, 1.165) is 45.6 Å². The van der Waals surface area contributed by atoms with Gasteiger partial charge in [-0.3, -0.25) is 9.98 Å². The second-order valence-electron chi connectivity index (χ2n) is 10.1. The van der Waals surface area contributed by atoms with Crippen molar-refractivity contribution < 1.29 is 21.1 Å². The Balaban J connectivity index is 0.00000193. The molecule has 0 atom stereocenters. The molecule has 0 fully saturated rings. The van der Waals surface area contributed by atoms with E-state index in [4.69, 9.17) is 20.0 Å². The largest absolute Gasteiger partial charge is 2.00 e. The minimum absolute atomic E-state index is 0. The van der Waals surface area contributed by atoms with E-state index in [1.165, 1.54) is 11.1 Å². The molecule has 5 heterocycles. The first-order valence-corrected chi connectivity index (χ1v) is 10.3. The van der Waals surface area contributed by atoms with Gasteiger partial charge in [-0.05, 0) is 16.5 Å². The predicted octanol–water partition coefficient (Wildman–Crippen LogP) is 5.06. The summed E-state index contributed by atoms with van der Waals surface area (Å²) in [6.07, 6.45) is 0. The molecule has 0 saturated heterocycles. The Morgan fingerprint density at radius 2 is 0.967 bits per heavy atom. The van der Waals surface area contributed by atoms with Gasteiger partial charge in [0.25, 0.3) is 0 Å². The number of aliphatic imine (C=N–C) groups is 2. The minimum atomic E-state index is -0.284. The van der Waals surface area contributed by atoms with Crippen molar-refractivity contribution >= 4 is 22.8 Å². The van der Waals surface area contributed by atoms with Gasteiger partial charge < -0.3 is 9.97 Å². The molecule has 0 spiro atoms. The van der Waals surface area contributed by atoms with Crippen molar-refractivity contribution in [3.8, 4) is 0 Å². The van der Waals surface area contributed by atoms with E-state index in [0.29, 0.717) is 0 Å². The second kappa shape index (κ2) is 5.73. The number of hydrogen-bond acceptors (Lipinski definition) is 2. The van der Waals surface area contributed by atoms with E-state index in [9.17, 15) is 0 Å². The summed E-state index contributed by atoms with van der Waals surface area (Å²) in [6, 6.07) is 12.9. The number of benzene rings is 1. The number of hydrogen-bond donors (Lipinski definition) is 0. The normalized spacial score (nSPS) is 20.6. The average Bonchev–Trinajstić information content (AvgIpc) is 3.39.